The molecule has 0 bridgehead atoms. The van der Waals surface area contributed by atoms with Crippen LogP contribution in [0.1, 0.15) is 26.3 Å². The normalized spacial score (nSPS) is 9.80. The van der Waals surface area contributed by atoms with Crippen LogP contribution in [0.25, 0.3) is 0 Å². The van der Waals surface area contributed by atoms with Crippen LogP contribution in [0.15, 0.2) is 61.2 Å². The minimum absolute atomic E-state index is 0.260. The second-order valence-corrected chi connectivity index (χ2v) is 5.12. The molecule has 0 aliphatic carbocycles. The number of hydrogen-bond acceptors (Lipinski definition) is 4. The molecule has 0 heterocycles. The van der Waals surface area contributed by atoms with E-state index in [4.69, 9.17) is 4.74 Å². The standard InChI is InChI=1S/C19H18N2O4/c1-3-17(22)21-12-13-7-9-14(10-8-13)19(24)25-16-6-4-5-15(11-16)18(23)20-2/h3-11H,1,12H2,2H3,(H,20,23)(H,21,22). The van der Waals surface area contributed by atoms with Crippen LogP contribution >= 0.6 is 0 Å². The fourth-order valence-electron chi connectivity index (χ4n) is 2.03. The first-order valence-electron chi connectivity index (χ1n) is 7.57. The summed E-state index contributed by atoms with van der Waals surface area (Å²) in [5.74, 6) is -0.771. The van der Waals surface area contributed by atoms with Crippen LogP contribution in [-0.4, -0.2) is 24.8 Å². The maximum absolute atomic E-state index is 12.2. The van der Waals surface area contributed by atoms with Gasteiger partial charge in [0, 0.05) is 19.2 Å². The van der Waals surface area contributed by atoms with Crippen LogP contribution in [-0.2, 0) is 11.3 Å². The molecular weight excluding hydrogens is 320 g/mol. The predicted molar refractivity (Wildman–Crippen MR) is 93.3 cm³/mol. The summed E-state index contributed by atoms with van der Waals surface area (Å²) in [4.78, 5) is 34.9. The summed E-state index contributed by atoms with van der Waals surface area (Å²) < 4.78 is 5.29. The van der Waals surface area contributed by atoms with E-state index in [9.17, 15) is 14.4 Å². The van der Waals surface area contributed by atoms with Gasteiger partial charge in [-0.15, -0.1) is 0 Å². The van der Waals surface area contributed by atoms with Gasteiger partial charge in [-0.05, 0) is 42.0 Å². The van der Waals surface area contributed by atoms with Crippen molar-refractivity contribution < 1.29 is 19.1 Å². The van der Waals surface area contributed by atoms with E-state index in [0.29, 0.717) is 17.7 Å². The highest BCUT2D eigenvalue weighted by Crippen LogP contribution is 2.15. The van der Waals surface area contributed by atoms with E-state index in [2.05, 4.69) is 17.2 Å². The molecule has 0 atom stereocenters. The Morgan fingerprint density at radius 1 is 1.08 bits per heavy atom. The Kier molecular flexibility index (Phi) is 6.06. The molecule has 0 radical (unpaired) electrons. The maximum atomic E-state index is 12.2. The number of carbonyl (C=O) groups excluding carboxylic acids is 3. The molecule has 0 saturated heterocycles. The van der Waals surface area contributed by atoms with E-state index >= 15 is 0 Å². The van der Waals surface area contributed by atoms with Gasteiger partial charge in [-0.2, -0.15) is 0 Å². The molecule has 0 spiro atoms. The molecule has 0 saturated carbocycles. The van der Waals surface area contributed by atoms with Gasteiger partial charge in [0.15, 0.2) is 0 Å². The van der Waals surface area contributed by atoms with Crippen molar-refractivity contribution in [3.05, 3.63) is 77.9 Å². The Morgan fingerprint density at radius 3 is 2.44 bits per heavy atom. The lowest BCUT2D eigenvalue weighted by atomic mass is 10.1. The predicted octanol–water partition coefficient (Wildman–Crippen LogP) is 2.07. The Hall–Kier alpha value is -3.41. The van der Waals surface area contributed by atoms with Gasteiger partial charge in [0.25, 0.3) is 5.91 Å². The highest BCUT2D eigenvalue weighted by atomic mass is 16.5. The number of nitrogens with one attached hydrogen (secondary N) is 2. The second-order valence-electron chi connectivity index (χ2n) is 5.12. The number of esters is 1. The summed E-state index contributed by atoms with van der Waals surface area (Å²) in [6.07, 6.45) is 1.19. The summed E-state index contributed by atoms with van der Waals surface area (Å²) in [5.41, 5.74) is 1.61. The minimum atomic E-state index is -0.532. The number of carbonyl (C=O) groups is 3. The average molecular weight is 338 g/mol. The lowest BCUT2D eigenvalue weighted by Crippen LogP contribution is -2.20. The molecule has 0 aliphatic heterocycles. The van der Waals surface area contributed by atoms with E-state index < -0.39 is 5.97 Å². The van der Waals surface area contributed by atoms with Gasteiger partial charge in [0.05, 0.1) is 5.56 Å². The topological polar surface area (TPSA) is 84.5 Å². The number of amides is 2. The molecule has 0 fully saturated rings. The van der Waals surface area contributed by atoms with Crippen molar-refractivity contribution >= 4 is 17.8 Å². The molecule has 2 aromatic rings. The van der Waals surface area contributed by atoms with Crippen molar-refractivity contribution in [2.24, 2.45) is 0 Å². The van der Waals surface area contributed by atoms with Gasteiger partial charge in [-0.3, -0.25) is 9.59 Å². The summed E-state index contributed by atoms with van der Waals surface area (Å²) >= 11 is 0. The van der Waals surface area contributed by atoms with Crippen molar-refractivity contribution in [3.63, 3.8) is 0 Å². The third kappa shape index (κ3) is 5.04. The zero-order valence-electron chi connectivity index (χ0n) is 13.7. The van der Waals surface area contributed by atoms with Gasteiger partial charge < -0.3 is 15.4 Å². The van der Waals surface area contributed by atoms with Gasteiger partial charge in [0.1, 0.15) is 5.75 Å². The molecule has 128 valence electrons. The zero-order valence-corrected chi connectivity index (χ0v) is 13.7. The Labute approximate surface area is 145 Å². The smallest absolute Gasteiger partial charge is 0.343 e. The highest BCUT2D eigenvalue weighted by molar-refractivity contribution is 5.95. The van der Waals surface area contributed by atoms with Crippen molar-refractivity contribution in [1.29, 1.82) is 0 Å². The fourth-order valence-corrected chi connectivity index (χ4v) is 2.03. The molecular formula is C19H18N2O4. The average Bonchev–Trinajstić information content (AvgIpc) is 2.65. The van der Waals surface area contributed by atoms with E-state index in [-0.39, 0.29) is 17.6 Å². The largest absolute Gasteiger partial charge is 0.423 e. The van der Waals surface area contributed by atoms with Gasteiger partial charge in [0.2, 0.25) is 5.91 Å². The lowest BCUT2D eigenvalue weighted by molar-refractivity contribution is -0.116. The fraction of sp³-hybridized carbons (Fsp3) is 0.105. The lowest BCUT2D eigenvalue weighted by Gasteiger charge is -2.07. The first-order valence-corrected chi connectivity index (χ1v) is 7.57. The number of rotatable bonds is 6. The van der Waals surface area contributed by atoms with E-state index in [1.807, 2.05) is 0 Å². The maximum Gasteiger partial charge on any atom is 0.343 e. The molecule has 2 aromatic carbocycles. The first kappa shape index (κ1) is 17.9. The van der Waals surface area contributed by atoms with Crippen molar-refractivity contribution in [1.82, 2.24) is 10.6 Å². The second kappa shape index (κ2) is 8.44. The summed E-state index contributed by atoms with van der Waals surface area (Å²) in [6.45, 7) is 3.72. The zero-order chi connectivity index (χ0) is 18.2. The monoisotopic (exact) mass is 338 g/mol. The van der Waals surface area contributed by atoms with Gasteiger partial charge in [-0.1, -0.05) is 24.8 Å². The van der Waals surface area contributed by atoms with Gasteiger partial charge in [-0.25, -0.2) is 4.79 Å². The Bertz CT molecular complexity index is 797. The number of ether oxygens (including phenoxy) is 1. The summed E-state index contributed by atoms with van der Waals surface area (Å²) in [6, 6.07) is 13.0. The van der Waals surface area contributed by atoms with Crippen molar-refractivity contribution in [2.45, 2.75) is 6.54 Å². The molecule has 2 N–H and O–H groups in total. The van der Waals surface area contributed by atoms with E-state index in [0.717, 1.165) is 5.56 Å². The minimum Gasteiger partial charge on any atom is -0.423 e. The van der Waals surface area contributed by atoms with Crippen LogP contribution < -0.4 is 15.4 Å². The SMILES string of the molecule is C=CC(=O)NCc1ccc(C(=O)Oc2cccc(C(=O)NC)c2)cc1. The Morgan fingerprint density at radius 2 is 1.80 bits per heavy atom. The molecule has 0 aliphatic rings. The van der Waals surface area contributed by atoms with Gasteiger partial charge >= 0.3 is 5.97 Å². The van der Waals surface area contributed by atoms with Crippen molar-refractivity contribution in [3.8, 4) is 5.75 Å². The molecule has 2 rings (SSSR count). The highest BCUT2D eigenvalue weighted by Gasteiger charge is 2.10. The number of benzene rings is 2. The molecule has 0 aromatic heterocycles. The van der Waals surface area contributed by atoms with E-state index in [1.54, 1.807) is 42.5 Å². The number of hydrogen-bond donors (Lipinski definition) is 2. The molecule has 25 heavy (non-hydrogen) atoms. The van der Waals surface area contributed by atoms with Crippen LogP contribution in [0.3, 0.4) is 0 Å². The molecule has 6 nitrogen and oxygen atoms in total. The molecule has 0 unspecified atom stereocenters. The Balaban J connectivity index is 2.02. The van der Waals surface area contributed by atoms with Crippen LogP contribution in [0.4, 0.5) is 0 Å². The van der Waals surface area contributed by atoms with Crippen LogP contribution in [0.2, 0.25) is 0 Å². The van der Waals surface area contributed by atoms with Crippen LogP contribution in [0, 0.1) is 0 Å². The summed E-state index contributed by atoms with van der Waals surface area (Å²) in [7, 11) is 1.53. The third-order valence-electron chi connectivity index (χ3n) is 3.38. The summed E-state index contributed by atoms with van der Waals surface area (Å²) in [5, 5.41) is 5.16. The van der Waals surface area contributed by atoms with Crippen LogP contribution in [0.5, 0.6) is 5.75 Å². The molecule has 6 heteroatoms. The quantitative estimate of drug-likeness (QED) is 0.480. The first-order chi connectivity index (χ1) is 12.0. The van der Waals surface area contributed by atoms with Crippen molar-refractivity contribution in [2.75, 3.05) is 7.05 Å². The third-order valence-corrected chi connectivity index (χ3v) is 3.38. The molecule has 2 amide bonds. The van der Waals surface area contributed by atoms with E-state index in [1.165, 1.54) is 19.2 Å².